The van der Waals surface area contributed by atoms with E-state index in [9.17, 15) is 9.67 Å². The van der Waals surface area contributed by atoms with Crippen LogP contribution in [0.4, 0.5) is 5.82 Å². The molecule has 0 spiro atoms. The zero-order valence-corrected chi connectivity index (χ0v) is 12.4. The molecule has 0 unspecified atom stereocenters. The molecule has 2 aromatic heterocycles. The number of nitrogens with zero attached hydrogens (tertiary/aromatic N) is 4. The number of aliphatic hydroxyl groups excluding tert-OH is 1. The molecule has 22 heavy (non-hydrogen) atoms. The molecule has 11 nitrogen and oxygen atoms in total. The number of imidazole rings is 1. The minimum atomic E-state index is -4.31. The maximum absolute atomic E-state index is 10.8. The molecule has 0 aromatic carbocycles. The van der Waals surface area contributed by atoms with E-state index in [4.69, 9.17) is 26.0 Å². The van der Waals surface area contributed by atoms with E-state index in [0.717, 1.165) is 0 Å². The minimum absolute atomic E-state index is 0.0907. The summed E-state index contributed by atoms with van der Waals surface area (Å²) in [7, 11) is -4.31. The van der Waals surface area contributed by atoms with E-state index in [2.05, 4.69) is 15.0 Å². The molecule has 0 saturated heterocycles. The van der Waals surface area contributed by atoms with Crippen molar-refractivity contribution in [1.82, 2.24) is 19.5 Å². The number of aliphatic hydroxyl groups is 1. The fourth-order valence-electron chi connectivity index (χ4n) is 1.82. The summed E-state index contributed by atoms with van der Waals surface area (Å²) in [5.41, 5.74) is 12.0. The molecule has 0 aliphatic rings. The van der Waals surface area contributed by atoms with Gasteiger partial charge in [0.15, 0.2) is 11.5 Å². The average Bonchev–Trinajstić information content (AvgIpc) is 2.85. The van der Waals surface area contributed by atoms with Crippen molar-refractivity contribution in [3.63, 3.8) is 0 Å². The second-order valence-corrected chi connectivity index (χ2v) is 6.15. The van der Waals surface area contributed by atoms with Crippen LogP contribution in [-0.2, 0) is 22.4 Å². The van der Waals surface area contributed by atoms with Crippen molar-refractivity contribution in [2.75, 3.05) is 18.7 Å². The summed E-state index contributed by atoms with van der Waals surface area (Å²) in [6, 6.07) is 0. The predicted octanol–water partition coefficient (Wildman–Crippen LogP) is -1.62. The molecular formula is C10H17N6O5P. The normalized spacial score (nSPS) is 13.6. The smallest absolute Gasteiger partial charge is 0.350 e. The first-order valence-electron chi connectivity index (χ1n) is 6.28. The maximum Gasteiger partial charge on any atom is 0.350 e. The first-order valence-corrected chi connectivity index (χ1v) is 8.08. The molecule has 0 amide bonds. The van der Waals surface area contributed by atoms with Crippen molar-refractivity contribution in [3.05, 3.63) is 12.2 Å². The summed E-state index contributed by atoms with van der Waals surface area (Å²) in [4.78, 5) is 29.9. The minimum Gasteiger partial charge on any atom is -0.394 e. The van der Waals surface area contributed by atoms with Gasteiger partial charge in [-0.05, 0) is 0 Å². The fourth-order valence-corrected chi connectivity index (χ4v) is 2.23. The Hall–Kier alpha value is -1.62. The van der Waals surface area contributed by atoms with Gasteiger partial charge in [-0.15, -0.1) is 0 Å². The van der Waals surface area contributed by atoms with Crippen LogP contribution in [0.25, 0.3) is 11.2 Å². The van der Waals surface area contributed by atoms with Gasteiger partial charge < -0.3 is 35.7 Å². The molecular weight excluding hydrogens is 315 g/mol. The SMILES string of the molecule is NCc1nc(N)c2ncn(C[C@@H](CO)OCP(=O)(O)O)c2n1. The second-order valence-electron chi connectivity index (χ2n) is 4.56. The van der Waals surface area contributed by atoms with E-state index in [-0.39, 0.29) is 18.9 Å². The molecule has 12 heteroatoms. The summed E-state index contributed by atoms with van der Waals surface area (Å²) in [5, 5.41) is 9.26. The number of anilines is 1. The van der Waals surface area contributed by atoms with Crippen LogP contribution in [-0.4, -0.2) is 53.5 Å². The third kappa shape index (κ3) is 3.97. The fraction of sp³-hybridized carbons (Fsp3) is 0.500. The lowest BCUT2D eigenvalue weighted by molar-refractivity contribution is 0.0202. The van der Waals surface area contributed by atoms with Gasteiger partial charge in [0.1, 0.15) is 17.7 Å². The van der Waals surface area contributed by atoms with Crippen molar-refractivity contribution >= 4 is 24.6 Å². The highest BCUT2D eigenvalue weighted by Crippen LogP contribution is 2.34. The highest BCUT2D eigenvalue weighted by atomic mass is 31.2. The van der Waals surface area contributed by atoms with Crippen LogP contribution in [0.15, 0.2) is 6.33 Å². The van der Waals surface area contributed by atoms with Crippen LogP contribution in [0.2, 0.25) is 0 Å². The zero-order chi connectivity index (χ0) is 16.3. The average molecular weight is 332 g/mol. The Labute approximate surface area is 125 Å². The highest BCUT2D eigenvalue weighted by molar-refractivity contribution is 7.51. The van der Waals surface area contributed by atoms with Gasteiger partial charge in [-0.25, -0.2) is 15.0 Å². The van der Waals surface area contributed by atoms with Gasteiger partial charge in [0.2, 0.25) is 0 Å². The molecule has 0 fully saturated rings. The molecule has 0 saturated carbocycles. The lowest BCUT2D eigenvalue weighted by Gasteiger charge is -2.16. The number of rotatable bonds is 7. The molecule has 2 rings (SSSR count). The van der Waals surface area contributed by atoms with Gasteiger partial charge in [-0.1, -0.05) is 0 Å². The summed E-state index contributed by atoms with van der Waals surface area (Å²) >= 11 is 0. The summed E-state index contributed by atoms with van der Waals surface area (Å²) in [5.74, 6) is 0.518. The van der Waals surface area contributed by atoms with E-state index in [1.165, 1.54) is 6.33 Å². The maximum atomic E-state index is 10.8. The third-order valence-corrected chi connectivity index (χ3v) is 3.29. The molecule has 122 valence electrons. The van der Waals surface area contributed by atoms with Crippen LogP contribution >= 0.6 is 7.60 Å². The number of aromatic nitrogens is 4. The molecule has 0 bridgehead atoms. The molecule has 7 N–H and O–H groups in total. The Morgan fingerprint density at radius 2 is 2.14 bits per heavy atom. The largest absolute Gasteiger partial charge is 0.394 e. The predicted molar refractivity (Wildman–Crippen MR) is 76.5 cm³/mol. The van der Waals surface area contributed by atoms with Crippen molar-refractivity contribution < 1.29 is 24.2 Å². The standard InChI is InChI=1S/C10H17N6O5P/c11-1-7-14-9(12)8-10(15-7)16(4-13-8)2-6(3-17)21-5-22(18,19)20/h4,6,17H,1-3,5,11H2,(H2,12,14,15)(H2,18,19,20)/t6-/m0/s1. The van der Waals surface area contributed by atoms with Crippen LogP contribution in [0.1, 0.15) is 5.82 Å². The monoisotopic (exact) mass is 332 g/mol. The van der Waals surface area contributed by atoms with Crippen molar-refractivity contribution in [2.24, 2.45) is 5.73 Å². The molecule has 0 radical (unpaired) electrons. The second kappa shape index (κ2) is 6.65. The number of hydrogen-bond donors (Lipinski definition) is 5. The van der Waals surface area contributed by atoms with E-state index in [1.54, 1.807) is 4.57 Å². The Bertz CT molecular complexity index is 700. The number of ether oxygens (including phenoxy) is 1. The lowest BCUT2D eigenvalue weighted by atomic mass is 10.3. The molecule has 0 aliphatic heterocycles. The molecule has 2 aromatic rings. The molecule has 2 heterocycles. The summed E-state index contributed by atoms with van der Waals surface area (Å²) < 4.78 is 17.4. The van der Waals surface area contributed by atoms with Crippen molar-refractivity contribution in [2.45, 2.75) is 19.2 Å². The summed E-state index contributed by atoms with van der Waals surface area (Å²) in [6.45, 7) is -0.235. The van der Waals surface area contributed by atoms with Gasteiger partial charge in [0.05, 0.1) is 32.1 Å². The first kappa shape index (κ1) is 16.7. The number of nitrogen functional groups attached to an aromatic ring is 1. The first-order chi connectivity index (χ1) is 10.3. The Morgan fingerprint density at radius 1 is 1.41 bits per heavy atom. The van der Waals surface area contributed by atoms with E-state index >= 15 is 0 Å². The topological polar surface area (TPSA) is 183 Å². The number of fused-ring (bicyclic) bond motifs is 1. The number of nitrogens with two attached hydrogens (primary N) is 2. The Kier molecular flexibility index (Phi) is 5.06. The van der Waals surface area contributed by atoms with Crippen LogP contribution in [0.5, 0.6) is 0 Å². The molecule has 0 aliphatic carbocycles. The quantitative estimate of drug-likeness (QED) is 0.369. The van der Waals surface area contributed by atoms with Crippen LogP contribution in [0, 0.1) is 0 Å². The van der Waals surface area contributed by atoms with Crippen molar-refractivity contribution in [3.8, 4) is 0 Å². The van der Waals surface area contributed by atoms with Gasteiger partial charge in [0.25, 0.3) is 0 Å². The Balaban J connectivity index is 2.23. The van der Waals surface area contributed by atoms with Crippen LogP contribution < -0.4 is 11.5 Å². The number of hydrogen-bond acceptors (Lipinski definition) is 8. The summed E-state index contributed by atoms with van der Waals surface area (Å²) in [6.07, 6.45) is -0.183. The third-order valence-electron chi connectivity index (χ3n) is 2.80. The van der Waals surface area contributed by atoms with E-state index in [1.807, 2.05) is 0 Å². The Morgan fingerprint density at radius 3 is 2.73 bits per heavy atom. The zero-order valence-electron chi connectivity index (χ0n) is 11.5. The van der Waals surface area contributed by atoms with Gasteiger partial charge >= 0.3 is 7.60 Å². The van der Waals surface area contributed by atoms with Gasteiger partial charge in [-0.2, -0.15) is 0 Å². The van der Waals surface area contributed by atoms with Gasteiger partial charge in [-0.3, -0.25) is 4.57 Å². The van der Waals surface area contributed by atoms with Gasteiger partial charge in [0, 0.05) is 0 Å². The van der Waals surface area contributed by atoms with Crippen LogP contribution in [0.3, 0.4) is 0 Å². The lowest BCUT2D eigenvalue weighted by Crippen LogP contribution is -2.24. The van der Waals surface area contributed by atoms with E-state index in [0.29, 0.717) is 17.0 Å². The van der Waals surface area contributed by atoms with E-state index < -0.39 is 26.7 Å². The van der Waals surface area contributed by atoms with Crippen molar-refractivity contribution in [1.29, 1.82) is 0 Å². The molecule has 1 atom stereocenters. The highest BCUT2D eigenvalue weighted by Gasteiger charge is 2.19.